The first kappa shape index (κ1) is 11.4. The number of hydrogen-bond donors (Lipinski definition) is 1. The Balaban J connectivity index is 2.03. The van der Waals surface area contributed by atoms with E-state index in [4.69, 9.17) is 4.74 Å². The largest absolute Gasteiger partial charge is 0.453 e. The van der Waals surface area contributed by atoms with Gasteiger partial charge >= 0.3 is 6.09 Å². The van der Waals surface area contributed by atoms with Crippen molar-refractivity contribution in [1.29, 1.82) is 0 Å². The molecule has 0 saturated carbocycles. The lowest BCUT2D eigenvalue weighted by Gasteiger charge is -2.37. The van der Waals surface area contributed by atoms with Crippen molar-refractivity contribution in [3.63, 3.8) is 0 Å². The van der Waals surface area contributed by atoms with Gasteiger partial charge in [0.05, 0.1) is 13.2 Å². The number of rotatable bonds is 0. The van der Waals surface area contributed by atoms with E-state index in [0.29, 0.717) is 12.0 Å². The van der Waals surface area contributed by atoms with Crippen molar-refractivity contribution in [1.82, 2.24) is 4.90 Å². The standard InChI is InChI=1S/C14H18N2O2/c1-9-10-7-8-16(14(17)18-2)13(10)11-5-3-4-6-12(11)15-9/h3-6,9-10,13,15H,7-8H2,1-2H3. The van der Waals surface area contributed by atoms with Crippen LogP contribution in [0.25, 0.3) is 0 Å². The fourth-order valence-electron chi connectivity index (χ4n) is 3.30. The molecule has 1 fully saturated rings. The molecule has 0 aliphatic carbocycles. The van der Waals surface area contributed by atoms with E-state index in [1.165, 1.54) is 12.7 Å². The fourth-order valence-corrected chi connectivity index (χ4v) is 3.30. The molecule has 4 heteroatoms. The van der Waals surface area contributed by atoms with E-state index < -0.39 is 0 Å². The number of carbonyl (C=O) groups excluding carboxylic acids is 1. The summed E-state index contributed by atoms with van der Waals surface area (Å²) in [5.74, 6) is 0.471. The Kier molecular flexibility index (Phi) is 2.65. The monoisotopic (exact) mass is 246 g/mol. The second kappa shape index (κ2) is 4.19. The molecule has 1 N–H and O–H groups in total. The Morgan fingerprint density at radius 3 is 3.00 bits per heavy atom. The lowest BCUT2D eigenvalue weighted by Crippen LogP contribution is -2.39. The summed E-state index contributed by atoms with van der Waals surface area (Å²) in [6.07, 6.45) is 0.814. The number of methoxy groups -OCH3 is 1. The summed E-state index contributed by atoms with van der Waals surface area (Å²) in [7, 11) is 1.45. The van der Waals surface area contributed by atoms with E-state index in [2.05, 4.69) is 24.4 Å². The van der Waals surface area contributed by atoms with E-state index in [0.717, 1.165) is 18.7 Å². The topological polar surface area (TPSA) is 41.6 Å². The highest BCUT2D eigenvalue weighted by molar-refractivity contribution is 5.70. The van der Waals surface area contributed by atoms with E-state index in [1.54, 1.807) is 0 Å². The molecule has 0 aromatic heterocycles. The molecule has 0 radical (unpaired) electrons. The minimum Gasteiger partial charge on any atom is -0.453 e. The molecule has 2 aliphatic heterocycles. The minimum atomic E-state index is -0.216. The van der Waals surface area contributed by atoms with Gasteiger partial charge in [-0.1, -0.05) is 18.2 Å². The third-order valence-corrected chi connectivity index (χ3v) is 4.16. The van der Waals surface area contributed by atoms with Gasteiger partial charge in [-0.3, -0.25) is 0 Å². The third-order valence-electron chi connectivity index (χ3n) is 4.16. The molecule has 1 amide bonds. The number of amides is 1. The average molecular weight is 246 g/mol. The second-order valence-corrected chi connectivity index (χ2v) is 5.08. The van der Waals surface area contributed by atoms with Crippen molar-refractivity contribution >= 4 is 11.8 Å². The molecule has 18 heavy (non-hydrogen) atoms. The molecule has 4 nitrogen and oxygen atoms in total. The predicted octanol–water partition coefficient (Wildman–Crippen LogP) is 2.63. The van der Waals surface area contributed by atoms with Gasteiger partial charge in [0.25, 0.3) is 0 Å². The first-order chi connectivity index (χ1) is 8.72. The number of nitrogens with one attached hydrogen (secondary N) is 1. The fraction of sp³-hybridized carbons (Fsp3) is 0.500. The first-order valence-electron chi connectivity index (χ1n) is 6.42. The Morgan fingerprint density at radius 2 is 2.22 bits per heavy atom. The molecular formula is C14H18N2O2. The summed E-state index contributed by atoms with van der Waals surface area (Å²) < 4.78 is 4.90. The minimum absolute atomic E-state index is 0.157. The molecular weight excluding hydrogens is 228 g/mol. The van der Waals surface area contributed by atoms with Crippen molar-refractivity contribution in [2.24, 2.45) is 5.92 Å². The quantitative estimate of drug-likeness (QED) is 0.765. The number of anilines is 1. The average Bonchev–Trinajstić information content (AvgIpc) is 2.83. The molecule has 96 valence electrons. The molecule has 1 saturated heterocycles. The summed E-state index contributed by atoms with van der Waals surface area (Å²) in [6, 6.07) is 8.78. The highest BCUT2D eigenvalue weighted by atomic mass is 16.5. The number of para-hydroxylation sites is 1. The molecule has 1 aromatic rings. The number of likely N-dealkylation sites (tertiary alicyclic amines) is 1. The first-order valence-corrected chi connectivity index (χ1v) is 6.42. The highest BCUT2D eigenvalue weighted by Crippen LogP contribution is 2.46. The van der Waals surface area contributed by atoms with E-state index in [9.17, 15) is 4.79 Å². The van der Waals surface area contributed by atoms with Crippen LogP contribution in [0, 0.1) is 5.92 Å². The Morgan fingerprint density at radius 1 is 1.44 bits per heavy atom. The number of ether oxygens (including phenoxy) is 1. The van der Waals surface area contributed by atoms with Gasteiger partial charge in [-0.25, -0.2) is 4.79 Å². The number of fused-ring (bicyclic) bond motifs is 3. The van der Waals surface area contributed by atoms with Crippen LogP contribution in [-0.2, 0) is 4.74 Å². The van der Waals surface area contributed by atoms with Crippen molar-refractivity contribution in [2.45, 2.75) is 25.4 Å². The second-order valence-electron chi connectivity index (χ2n) is 5.08. The summed E-state index contributed by atoms with van der Waals surface area (Å²) in [5, 5.41) is 3.53. The smallest absolute Gasteiger partial charge is 0.410 e. The molecule has 3 unspecified atom stereocenters. The van der Waals surface area contributed by atoms with Crippen molar-refractivity contribution in [3.8, 4) is 0 Å². The third kappa shape index (κ3) is 1.55. The number of carbonyl (C=O) groups is 1. The zero-order valence-electron chi connectivity index (χ0n) is 10.7. The Labute approximate surface area is 107 Å². The van der Waals surface area contributed by atoms with Crippen LogP contribution < -0.4 is 5.32 Å². The zero-order valence-corrected chi connectivity index (χ0v) is 10.7. The van der Waals surface area contributed by atoms with Crippen LogP contribution in [0.2, 0.25) is 0 Å². The molecule has 3 atom stereocenters. The summed E-state index contributed by atoms with van der Waals surface area (Å²) in [5.41, 5.74) is 2.35. The number of hydrogen-bond acceptors (Lipinski definition) is 3. The van der Waals surface area contributed by atoms with Crippen LogP contribution >= 0.6 is 0 Å². The van der Waals surface area contributed by atoms with Crippen molar-refractivity contribution in [3.05, 3.63) is 29.8 Å². The molecule has 2 aliphatic rings. The lowest BCUT2D eigenvalue weighted by atomic mass is 9.84. The molecule has 1 aromatic carbocycles. The van der Waals surface area contributed by atoms with Gasteiger partial charge in [-0.15, -0.1) is 0 Å². The van der Waals surface area contributed by atoms with Crippen LogP contribution in [0.1, 0.15) is 24.9 Å². The van der Waals surface area contributed by atoms with Gasteiger partial charge in [-0.2, -0.15) is 0 Å². The van der Waals surface area contributed by atoms with Gasteiger partial charge in [-0.05, 0) is 25.0 Å². The van der Waals surface area contributed by atoms with Crippen LogP contribution in [0.4, 0.5) is 10.5 Å². The van der Waals surface area contributed by atoms with Crippen LogP contribution in [0.3, 0.4) is 0 Å². The van der Waals surface area contributed by atoms with Crippen LogP contribution in [0.15, 0.2) is 24.3 Å². The van der Waals surface area contributed by atoms with E-state index in [-0.39, 0.29) is 12.1 Å². The van der Waals surface area contributed by atoms with Crippen LogP contribution in [0.5, 0.6) is 0 Å². The number of nitrogens with zero attached hydrogens (tertiary/aromatic N) is 1. The molecule has 0 bridgehead atoms. The van der Waals surface area contributed by atoms with Gasteiger partial charge in [0, 0.05) is 24.2 Å². The highest BCUT2D eigenvalue weighted by Gasteiger charge is 2.44. The van der Waals surface area contributed by atoms with Gasteiger partial charge in [0.1, 0.15) is 0 Å². The molecule has 2 heterocycles. The maximum atomic E-state index is 11.9. The van der Waals surface area contributed by atoms with Crippen molar-refractivity contribution in [2.75, 3.05) is 19.0 Å². The summed E-state index contributed by atoms with van der Waals surface area (Å²) in [4.78, 5) is 13.7. The summed E-state index contributed by atoms with van der Waals surface area (Å²) in [6.45, 7) is 2.97. The number of benzene rings is 1. The van der Waals surface area contributed by atoms with Crippen molar-refractivity contribution < 1.29 is 9.53 Å². The van der Waals surface area contributed by atoms with Crippen LogP contribution in [-0.4, -0.2) is 30.7 Å². The molecule has 0 spiro atoms. The maximum absolute atomic E-state index is 11.9. The zero-order chi connectivity index (χ0) is 12.7. The van der Waals surface area contributed by atoms with E-state index >= 15 is 0 Å². The SMILES string of the molecule is COC(=O)N1CCC2C(C)Nc3ccccc3C21. The Bertz CT molecular complexity index is 475. The Hall–Kier alpha value is -1.71. The van der Waals surface area contributed by atoms with Gasteiger partial charge < -0.3 is 15.0 Å². The molecule has 3 rings (SSSR count). The lowest BCUT2D eigenvalue weighted by molar-refractivity contribution is 0.112. The van der Waals surface area contributed by atoms with Gasteiger partial charge in [0.2, 0.25) is 0 Å². The van der Waals surface area contributed by atoms with Gasteiger partial charge in [0.15, 0.2) is 0 Å². The van der Waals surface area contributed by atoms with E-state index in [1.807, 2.05) is 17.0 Å². The predicted molar refractivity (Wildman–Crippen MR) is 69.5 cm³/mol. The summed E-state index contributed by atoms with van der Waals surface area (Å²) >= 11 is 0. The normalized spacial score (nSPS) is 29.2. The maximum Gasteiger partial charge on any atom is 0.410 e.